The lowest BCUT2D eigenvalue weighted by Crippen LogP contribution is -2.22. The van der Waals surface area contributed by atoms with Gasteiger partial charge in [0.25, 0.3) is 5.91 Å². The highest BCUT2D eigenvalue weighted by Crippen LogP contribution is 2.35. The van der Waals surface area contributed by atoms with Crippen LogP contribution in [-0.4, -0.2) is 50.5 Å². The molecule has 2 aromatic carbocycles. The molecule has 1 aliphatic heterocycles. The van der Waals surface area contributed by atoms with Crippen LogP contribution in [0.5, 0.6) is 11.5 Å². The van der Waals surface area contributed by atoms with Crippen molar-refractivity contribution in [3.8, 4) is 11.5 Å². The first-order chi connectivity index (χ1) is 14.8. The van der Waals surface area contributed by atoms with Gasteiger partial charge in [0, 0.05) is 38.3 Å². The number of amides is 1. The predicted molar refractivity (Wildman–Crippen MR) is 118 cm³/mol. The fraction of sp³-hybridized carbons (Fsp3) is 0.238. The first-order valence-corrected chi connectivity index (χ1v) is 11.7. The summed E-state index contributed by atoms with van der Waals surface area (Å²) in [7, 11) is -0.652. The molecule has 0 bridgehead atoms. The molecule has 2 heterocycles. The van der Waals surface area contributed by atoms with E-state index in [4.69, 9.17) is 9.47 Å². The molecule has 0 atom stereocenters. The number of rotatable bonds is 5. The summed E-state index contributed by atoms with van der Waals surface area (Å²) < 4.78 is 39.7. The van der Waals surface area contributed by atoms with Crippen LogP contribution in [0.4, 0.5) is 0 Å². The molecule has 4 rings (SSSR count). The van der Waals surface area contributed by atoms with E-state index in [0.29, 0.717) is 41.6 Å². The summed E-state index contributed by atoms with van der Waals surface area (Å²) in [5.41, 5.74) is 1.17. The monoisotopic (exact) mass is 459 g/mol. The lowest BCUT2D eigenvalue weighted by atomic mass is 10.2. The second-order valence-electron chi connectivity index (χ2n) is 6.98. The maximum absolute atomic E-state index is 12.8. The van der Waals surface area contributed by atoms with E-state index < -0.39 is 15.9 Å². The van der Waals surface area contributed by atoms with E-state index in [-0.39, 0.29) is 4.90 Å². The van der Waals surface area contributed by atoms with E-state index in [2.05, 4.69) is 11.6 Å². The van der Waals surface area contributed by atoms with E-state index in [1.807, 2.05) is 16.7 Å². The first kappa shape index (κ1) is 21.3. The lowest BCUT2D eigenvalue weighted by Gasteiger charge is -2.18. The number of nitrogens with zero attached hydrogens (tertiary/aromatic N) is 3. The van der Waals surface area contributed by atoms with Gasteiger partial charge in [-0.1, -0.05) is 17.4 Å². The molecule has 10 heteroatoms. The highest BCUT2D eigenvalue weighted by atomic mass is 32.2. The van der Waals surface area contributed by atoms with E-state index in [0.717, 1.165) is 14.5 Å². The van der Waals surface area contributed by atoms with Gasteiger partial charge in [-0.15, -0.1) is 6.58 Å². The van der Waals surface area contributed by atoms with E-state index in [1.165, 1.54) is 49.7 Å². The minimum atomic E-state index is -3.56. The average Bonchev–Trinajstić information content (AvgIpc) is 3.08. The summed E-state index contributed by atoms with van der Waals surface area (Å²) in [6, 6.07) is 9.52. The number of fused-ring (bicyclic) bond motifs is 2. The molecule has 0 N–H and O–H groups in total. The van der Waals surface area contributed by atoms with Gasteiger partial charge >= 0.3 is 0 Å². The maximum atomic E-state index is 12.8. The third-order valence-electron chi connectivity index (χ3n) is 4.74. The highest BCUT2D eigenvalue weighted by Gasteiger charge is 2.19. The molecule has 0 radical (unpaired) electrons. The van der Waals surface area contributed by atoms with E-state index in [1.54, 1.807) is 6.08 Å². The van der Waals surface area contributed by atoms with Crippen LogP contribution >= 0.6 is 11.3 Å². The van der Waals surface area contributed by atoms with Crippen LogP contribution in [0, 0.1) is 0 Å². The van der Waals surface area contributed by atoms with Crippen LogP contribution in [-0.2, 0) is 16.6 Å². The Labute approximate surface area is 183 Å². The highest BCUT2D eigenvalue weighted by molar-refractivity contribution is 7.89. The van der Waals surface area contributed by atoms with Crippen molar-refractivity contribution in [1.82, 2.24) is 8.87 Å². The fourth-order valence-corrected chi connectivity index (χ4v) is 5.08. The molecule has 162 valence electrons. The van der Waals surface area contributed by atoms with Crippen LogP contribution in [0.3, 0.4) is 0 Å². The van der Waals surface area contributed by atoms with Crippen LogP contribution in [0.1, 0.15) is 10.4 Å². The Kier molecular flexibility index (Phi) is 5.69. The van der Waals surface area contributed by atoms with Crippen molar-refractivity contribution in [2.24, 2.45) is 4.99 Å². The van der Waals surface area contributed by atoms with Gasteiger partial charge in [-0.3, -0.25) is 4.79 Å². The largest absolute Gasteiger partial charge is 0.486 e. The number of aromatic nitrogens is 1. The van der Waals surface area contributed by atoms with Gasteiger partial charge < -0.3 is 14.0 Å². The number of carbonyl (C=O) groups is 1. The Bertz CT molecular complexity index is 1340. The lowest BCUT2D eigenvalue weighted by molar-refractivity contribution is 0.0998. The van der Waals surface area contributed by atoms with Crippen molar-refractivity contribution in [3.05, 3.63) is 59.4 Å². The average molecular weight is 460 g/mol. The van der Waals surface area contributed by atoms with Crippen molar-refractivity contribution in [2.75, 3.05) is 27.3 Å². The molecule has 3 aromatic rings. The summed E-state index contributed by atoms with van der Waals surface area (Å²) in [5, 5.41) is 0. The van der Waals surface area contributed by atoms with Gasteiger partial charge in [0.15, 0.2) is 16.3 Å². The zero-order valence-corrected chi connectivity index (χ0v) is 18.7. The van der Waals surface area contributed by atoms with Crippen LogP contribution in [0.15, 0.2) is 58.9 Å². The number of thiazole rings is 1. The third-order valence-corrected chi connectivity index (χ3v) is 7.61. The molecule has 31 heavy (non-hydrogen) atoms. The third kappa shape index (κ3) is 4.01. The maximum Gasteiger partial charge on any atom is 0.279 e. The SMILES string of the molecule is C=CCn1c(=NC(=O)c2ccc(S(=O)(=O)N(C)C)cc2)sc2cc3c(cc21)OCCO3. The second kappa shape index (κ2) is 8.29. The number of ether oxygens (including phenoxy) is 2. The number of hydrogen-bond acceptors (Lipinski definition) is 6. The van der Waals surface area contributed by atoms with Gasteiger partial charge in [-0.2, -0.15) is 4.99 Å². The Hall–Kier alpha value is -2.95. The molecular weight excluding hydrogens is 438 g/mol. The van der Waals surface area contributed by atoms with Crippen LogP contribution in [0.2, 0.25) is 0 Å². The van der Waals surface area contributed by atoms with E-state index in [9.17, 15) is 13.2 Å². The normalized spacial score (nSPS) is 14.2. The molecule has 0 unspecified atom stereocenters. The first-order valence-electron chi connectivity index (χ1n) is 9.47. The van der Waals surface area contributed by atoms with E-state index >= 15 is 0 Å². The van der Waals surface area contributed by atoms with Crippen molar-refractivity contribution in [1.29, 1.82) is 0 Å². The molecule has 1 aliphatic rings. The predicted octanol–water partition coefficient (Wildman–Crippen LogP) is 2.65. The fourth-order valence-electron chi connectivity index (χ4n) is 3.13. The minimum absolute atomic E-state index is 0.114. The Morgan fingerprint density at radius 1 is 1.19 bits per heavy atom. The van der Waals surface area contributed by atoms with Gasteiger partial charge in [0.05, 0.1) is 15.1 Å². The summed E-state index contributed by atoms with van der Waals surface area (Å²) in [6.07, 6.45) is 1.73. The zero-order valence-electron chi connectivity index (χ0n) is 17.1. The number of sulfonamides is 1. The summed E-state index contributed by atoms with van der Waals surface area (Å²) in [5.74, 6) is 0.863. The molecule has 1 amide bonds. The molecule has 0 saturated carbocycles. The zero-order chi connectivity index (χ0) is 22.2. The molecule has 0 fully saturated rings. The van der Waals surface area contributed by atoms with Gasteiger partial charge in [-0.05, 0) is 24.3 Å². The second-order valence-corrected chi connectivity index (χ2v) is 10.1. The summed E-state index contributed by atoms with van der Waals surface area (Å²) in [4.78, 5) is 17.7. The summed E-state index contributed by atoms with van der Waals surface area (Å²) >= 11 is 1.36. The number of benzene rings is 2. The van der Waals surface area contributed by atoms with Crippen molar-refractivity contribution < 1.29 is 22.7 Å². The smallest absolute Gasteiger partial charge is 0.279 e. The Morgan fingerprint density at radius 2 is 1.84 bits per heavy atom. The van der Waals surface area contributed by atoms with Crippen LogP contribution < -0.4 is 14.3 Å². The molecule has 0 spiro atoms. The molecule has 8 nitrogen and oxygen atoms in total. The molecule has 0 aliphatic carbocycles. The van der Waals surface area contributed by atoms with Gasteiger partial charge in [-0.25, -0.2) is 12.7 Å². The molecular formula is C21H21N3O5S2. The Morgan fingerprint density at radius 3 is 2.45 bits per heavy atom. The minimum Gasteiger partial charge on any atom is -0.486 e. The van der Waals surface area contributed by atoms with Crippen molar-refractivity contribution >= 4 is 37.5 Å². The number of allylic oxidation sites excluding steroid dienone is 1. The van der Waals surface area contributed by atoms with Crippen molar-refractivity contribution in [3.63, 3.8) is 0 Å². The standard InChI is InChI=1S/C21H21N3O5S2/c1-4-9-24-16-12-17-18(29-11-10-28-17)13-19(16)30-21(24)22-20(25)14-5-7-15(8-6-14)31(26,27)23(2)3/h4-8,12-13H,1,9-11H2,2-3H3. The van der Waals surface area contributed by atoms with Gasteiger partial charge in [0.2, 0.25) is 10.0 Å². The Balaban J connectivity index is 1.75. The van der Waals surface area contributed by atoms with Gasteiger partial charge in [0.1, 0.15) is 13.2 Å². The van der Waals surface area contributed by atoms with Crippen molar-refractivity contribution in [2.45, 2.75) is 11.4 Å². The quantitative estimate of drug-likeness (QED) is 0.547. The summed E-state index contributed by atoms with van der Waals surface area (Å²) in [6.45, 7) is 5.24. The van der Waals surface area contributed by atoms with Crippen LogP contribution in [0.25, 0.3) is 10.2 Å². The topological polar surface area (TPSA) is 90.2 Å². The number of hydrogen-bond donors (Lipinski definition) is 0. The molecule has 0 saturated heterocycles. The number of carbonyl (C=O) groups excluding carboxylic acids is 1. The molecule has 1 aromatic heterocycles.